The first kappa shape index (κ1) is 12.3. The van der Waals surface area contributed by atoms with Gasteiger partial charge in [0.2, 0.25) is 6.41 Å². The molecule has 1 N–H and O–H groups in total. The molecule has 0 aliphatic heterocycles. The number of pyridine rings is 1. The van der Waals surface area contributed by atoms with Gasteiger partial charge in [0.05, 0.1) is 11.1 Å². The Morgan fingerprint density at radius 1 is 1.47 bits per heavy atom. The van der Waals surface area contributed by atoms with Crippen molar-refractivity contribution in [2.75, 3.05) is 0 Å². The summed E-state index contributed by atoms with van der Waals surface area (Å²) in [7, 11) is 0. The molecule has 1 aromatic rings. The predicted molar refractivity (Wildman–Crippen MR) is 63.5 cm³/mol. The van der Waals surface area contributed by atoms with Crippen molar-refractivity contribution in [3.05, 3.63) is 29.0 Å². The van der Waals surface area contributed by atoms with Gasteiger partial charge >= 0.3 is 0 Å². The van der Waals surface area contributed by atoms with Crippen molar-refractivity contribution < 1.29 is 9.18 Å². The normalized spacial score (nSPS) is 19.9. The van der Waals surface area contributed by atoms with Gasteiger partial charge < -0.3 is 5.32 Å². The molecule has 1 heterocycles. The second kappa shape index (κ2) is 5.00. The minimum absolute atomic E-state index is 0.446. The van der Waals surface area contributed by atoms with Crippen LogP contribution < -0.4 is 5.32 Å². The largest absolute Gasteiger partial charge is 0.349 e. The summed E-state index contributed by atoms with van der Waals surface area (Å²) in [4.78, 5) is 14.6. The van der Waals surface area contributed by atoms with Gasteiger partial charge in [0.25, 0.3) is 0 Å². The van der Waals surface area contributed by atoms with E-state index < -0.39 is 11.7 Å². The van der Waals surface area contributed by atoms with Gasteiger partial charge in [-0.25, -0.2) is 4.39 Å². The Bertz CT molecular complexity index is 407. The lowest BCUT2D eigenvalue weighted by molar-refractivity contribution is -0.111. The third-order valence-corrected chi connectivity index (χ3v) is 3.45. The summed E-state index contributed by atoms with van der Waals surface area (Å²) in [5.41, 5.74) is -0.762. The van der Waals surface area contributed by atoms with Crippen LogP contribution in [0.25, 0.3) is 0 Å². The highest BCUT2D eigenvalue weighted by Crippen LogP contribution is 2.43. The van der Waals surface area contributed by atoms with E-state index in [1.165, 1.54) is 6.20 Å². The first-order valence-electron chi connectivity index (χ1n) is 5.65. The molecule has 1 fully saturated rings. The van der Waals surface area contributed by atoms with Crippen LogP contribution in [0.2, 0.25) is 5.02 Å². The summed E-state index contributed by atoms with van der Waals surface area (Å²) < 4.78 is 14.7. The van der Waals surface area contributed by atoms with E-state index in [0.717, 1.165) is 12.8 Å². The maximum Gasteiger partial charge on any atom is 0.207 e. The Labute approximate surface area is 104 Å². The Balaban J connectivity index is 2.31. The topological polar surface area (TPSA) is 42.0 Å². The maximum absolute atomic E-state index is 14.7. The molecule has 0 radical (unpaired) electrons. The smallest absolute Gasteiger partial charge is 0.207 e. The van der Waals surface area contributed by atoms with Crippen molar-refractivity contribution in [3.63, 3.8) is 0 Å². The van der Waals surface area contributed by atoms with Gasteiger partial charge in [0, 0.05) is 12.4 Å². The first-order valence-corrected chi connectivity index (χ1v) is 6.02. The fourth-order valence-electron chi connectivity index (χ4n) is 2.45. The van der Waals surface area contributed by atoms with Gasteiger partial charge in [-0.2, -0.15) is 0 Å². The van der Waals surface area contributed by atoms with Gasteiger partial charge in [-0.3, -0.25) is 9.78 Å². The van der Waals surface area contributed by atoms with Crippen LogP contribution in [0.15, 0.2) is 18.5 Å². The maximum atomic E-state index is 14.7. The third-order valence-electron chi connectivity index (χ3n) is 3.25. The Hall–Kier alpha value is -1.16. The Morgan fingerprint density at radius 2 is 2.18 bits per heavy atom. The van der Waals surface area contributed by atoms with Gasteiger partial charge in [0.15, 0.2) is 0 Å². The molecule has 92 valence electrons. The number of amides is 1. The summed E-state index contributed by atoms with van der Waals surface area (Å²) >= 11 is 5.84. The number of halogens is 2. The zero-order valence-corrected chi connectivity index (χ0v) is 10.1. The monoisotopic (exact) mass is 256 g/mol. The highest BCUT2D eigenvalue weighted by molar-refractivity contribution is 6.30. The number of rotatable bonds is 4. The second-order valence-electron chi connectivity index (χ2n) is 4.40. The van der Waals surface area contributed by atoms with Gasteiger partial charge in [-0.05, 0) is 24.5 Å². The standard InChI is InChI=1S/C12H14ClFN2O/c13-10-5-9(6-15-7-10)11(16-8-17)12(14)3-1-2-4-12/h5-8,11H,1-4H2,(H,16,17)/t11-/m1/s1. The third kappa shape index (κ3) is 2.57. The summed E-state index contributed by atoms with van der Waals surface area (Å²) in [6.45, 7) is 0. The Kier molecular flexibility index (Phi) is 3.62. The average Bonchev–Trinajstić information content (AvgIpc) is 2.74. The number of hydrogen-bond acceptors (Lipinski definition) is 2. The van der Waals surface area contributed by atoms with Crippen molar-refractivity contribution in [2.45, 2.75) is 37.4 Å². The van der Waals surface area contributed by atoms with Crippen molar-refractivity contribution in [1.29, 1.82) is 0 Å². The van der Waals surface area contributed by atoms with Crippen molar-refractivity contribution in [1.82, 2.24) is 10.3 Å². The molecule has 17 heavy (non-hydrogen) atoms. The van der Waals surface area contributed by atoms with E-state index in [1.807, 2.05) is 0 Å². The Morgan fingerprint density at radius 3 is 2.76 bits per heavy atom. The molecule has 1 atom stereocenters. The highest BCUT2D eigenvalue weighted by Gasteiger charge is 2.42. The van der Waals surface area contributed by atoms with Crippen LogP contribution in [0.5, 0.6) is 0 Å². The molecule has 3 nitrogen and oxygen atoms in total. The average molecular weight is 257 g/mol. The highest BCUT2D eigenvalue weighted by atomic mass is 35.5. The number of nitrogens with zero attached hydrogens (tertiary/aromatic N) is 1. The van der Waals surface area contributed by atoms with Crippen LogP contribution >= 0.6 is 11.6 Å². The number of nitrogens with one attached hydrogen (secondary N) is 1. The number of carbonyl (C=O) groups excluding carboxylic acids is 1. The van der Waals surface area contributed by atoms with Crippen LogP contribution in [0.4, 0.5) is 4.39 Å². The van der Waals surface area contributed by atoms with Crippen LogP contribution in [0.3, 0.4) is 0 Å². The SMILES string of the molecule is O=CN[C@H](c1cncc(Cl)c1)C1(F)CCCC1. The molecule has 0 spiro atoms. The lowest BCUT2D eigenvalue weighted by atomic mass is 9.89. The molecule has 1 saturated carbocycles. The first-order chi connectivity index (χ1) is 8.15. The minimum atomic E-state index is -1.38. The van der Waals surface area contributed by atoms with Crippen LogP contribution in [0.1, 0.15) is 37.3 Å². The number of carbonyl (C=O) groups is 1. The molecule has 0 bridgehead atoms. The molecule has 0 aromatic carbocycles. The molecule has 2 rings (SSSR count). The van der Waals surface area contributed by atoms with E-state index in [0.29, 0.717) is 29.8 Å². The molecule has 0 unspecified atom stereocenters. The molecule has 0 saturated heterocycles. The number of alkyl halides is 1. The van der Waals surface area contributed by atoms with E-state index in [-0.39, 0.29) is 0 Å². The molecule has 1 amide bonds. The molecule has 5 heteroatoms. The van der Waals surface area contributed by atoms with Gasteiger partial charge in [0.1, 0.15) is 5.67 Å². The molecular weight excluding hydrogens is 243 g/mol. The van der Waals surface area contributed by atoms with Crippen LogP contribution in [-0.4, -0.2) is 17.1 Å². The van der Waals surface area contributed by atoms with E-state index in [2.05, 4.69) is 10.3 Å². The zero-order chi connectivity index (χ0) is 12.3. The summed E-state index contributed by atoms with van der Waals surface area (Å²) in [6.07, 6.45) is 6.19. The molecule has 1 aromatic heterocycles. The van der Waals surface area contributed by atoms with E-state index >= 15 is 0 Å². The quantitative estimate of drug-likeness (QED) is 0.842. The molecule has 1 aliphatic rings. The lowest BCUT2D eigenvalue weighted by Gasteiger charge is -2.29. The van der Waals surface area contributed by atoms with E-state index in [9.17, 15) is 9.18 Å². The molecule has 1 aliphatic carbocycles. The van der Waals surface area contributed by atoms with Gasteiger partial charge in [-0.1, -0.05) is 24.4 Å². The second-order valence-corrected chi connectivity index (χ2v) is 4.83. The fourth-order valence-corrected chi connectivity index (χ4v) is 2.63. The minimum Gasteiger partial charge on any atom is -0.349 e. The van der Waals surface area contributed by atoms with E-state index in [1.54, 1.807) is 12.3 Å². The van der Waals surface area contributed by atoms with Crippen molar-refractivity contribution >= 4 is 18.0 Å². The fraction of sp³-hybridized carbons (Fsp3) is 0.500. The summed E-state index contributed by atoms with van der Waals surface area (Å²) in [6, 6.07) is 0.990. The zero-order valence-electron chi connectivity index (χ0n) is 9.33. The summed E-state index contributed by atoms with van der Waals surface area (Å²) in [5.74, 6) is 0. The van der Waals surface area contributed by atoms with Crippen molar-refractivity contribution in [2.24, 2.45) is 0 Å². The van der Waals surface area contributed by atoms with Crippen molar-refractivity contribution in [3.8, 4) is 0 Å². The van der Waals surface area contributed by atoms with E-state index in [4.69, 9.17) is 11.6 Å². The molecular formula is C12H14ClFN2O. The summed E-state index contributed by atoms with van der Waals surface area (Å²) in [5, 5.41) is 3.00. The van der Waals surface area contributed by atoms with Gasteiger partial charge in [-0.15, -0.1) is 0 Å². The predicted octanol–water partition coefficient (Wildman–Crippen LogP) is 2.80. The van der Waals surface area contributed by atoms with Crippen LogP contribution in [0, 0.1) is 0 Å². The number of aromatic nitrogens is 1. The van der Waals surface area contributed by atoms with Crippen LogP contribution in [-0.2, 0) is 4.79 Å². The lowest BCUT2D eigenvalue weighted by Crippen LogP contribution is -2.38. The number of hydrogen-bond donors (Lipinski definition) is 1.